The Morgan fingerprint density at radius 2 is 2.09 bits per heavy atom. The van der Waals surface area contributed by atoms with Gasteiger partial charge in [0.1, 0.15) is 17.3 Å². The average Bonchev–Trinajstić information content (AvgIpc) is 3.29. The molecule has 0 unspecified atom stereocenters. The number of anilines is 1. The number of likely N-dealkylation sites (tertiary alicyclic amines) is 1. The number of ether oxygens (including phenoxy) is 2. The zero-order chi connectivity index (χ0) is 24.7. The van der Waals surface area contributed by atoms with Crippen molar-refractivity contribution in [1.82, 2.24) is 14.7 Å². The number of hydrogen-bond acceptors (Lipinski definition) is 5. The molecule has 182 valence electrons. The zero-order valence-corrected chi connectivity index (χ0v) is 18.8. The highest BCUT2D eigenvalue weighted by molar-refractivity contribution is 6.31. The van der Waals surface area contributed by atoms with Crippen LogP contribution in [0.15, 0.2) is 42.7 Å². The van der Waals surface area contributed by atoms with Gasteiger partial charge in [0.05, 0.1) is 24.1 Å². The maximum Gasteiger partial charge on any atom is 0.333 e. The summed E-state index contributed by atoms with van der Waals surface area (Å²) in [5.41, 5.74) is 1.02. The van der Waals surface area contributed by atoms with E-state index in [1.165, 1.54) is 23.4 Å². The Hall–Kier alpha value is -3.73. The first-order valence-corrected chi connectivity index (χ1v) is 11.0. The Morgan fingerprint density at radius 3 is 2.83 bits per heavy atom. The molecule has 5 rings (SSSR count). The number of benzene rings is 2. The fourth-order valence-electron chi connectivity index (χ4n) is 3.92. The van der Waals surface area contributed by atoms with Crippen LogP contribution in [-0.2, 0) is 4.79 Å². The molecular weight excluding hydrogens is 489 g/mol. The maximum atomic E-state index is 14.5. The predicted molar refractivity (Wildman–Crippen MR) is 119 cm³/mol. The maximum absolute atomic E-state index is 14.5. The Balaban J connectivity index is 1.22. The molecule has 2 aliphatic heterocycles. The van der Waals surface area contributed by atoms with E-state index in [2.05, 4.69) is 10.4 Å². The number of alkyl halides is 2. The Kier molecular flexibility index (Phi) is 6.01. The fraction of sp³-hybridized carbons (Fsp3) is 0.261. The quantitative estimate of drug-likeness (QED) is 0.541. The van der Waals surface area contributed by atoms with Crippen molar-refractivity contribution in [2.75, 3.05) is 31.6 Å². The third-order valence-electron chi connectivity index (χ3n) is 5.71. The molecule has 1 aromatic heterocycles. The summed E-state index contributed by atoms with van der Waals surface area (Å²) in [6, 6.07) is 7.21. The minimum Gasteiger partial charge on any atom is -0.493 e. The summed E-state index contributed by atoms with van der Waals surface area (Å²) in [6.45, 7) is -2.06. The standard InChI is InChI=1S/C23H18ClF3N4O4/c24-14-1-2-19(15(3-14)13-6-28-31(9-13)23(26)27)34-10-12-7-30(8-12)22(33)16-4-18-20(5-17(16)25)35-11-21(32)29-18/h1-6,9,12,23H,7-8,10-11H2,(H,29,32). The van der Waals surface area contributed by atoms with Gasteiger partial charge < -0.3 is 19.7 Å². The Bertz CT molecular complexity index is 1310. The van der Waals surface area contributed by atoms with E-state index in [9.17, 15) is 22.8 Å². The molecule has 2 aromatic carbocycles. The molecule has 1 saturated heterocycles. The van der Waals surface area contributed by atoms with Crippen LogP contribution in [0.4, 0.5) is 18.9 Å². The smallest absolute Gasteiger partial charge is 0.333 e. The highest BCUT2D eigenvalue weighted by Gasteiger charge is 2.34. The number of aromatic nitrogens is 2. The van der Waals surface area contributed by atoms with Gasteiger partial charge in [-0.2, -0.15) is 13.9 Å². The van der Waals surface area contributed by atoms with Gasteiger partial charge in [-0.1, -0.05) is 11.6 Å². The number of amides is 2. The summed E-state index contributed by atoms with van der Waals surface area (Å²) in [6.07, 6.45) is 2.50. The molecule has 0 atom stereocenters. The van der Waals surface area contributed by atoms with Gasteiger partial charge in [0.15, 0.2) is 6.61 Å². The van der Waals surface area contributed by atoms with Crippen LogP contribution in [0.1, 0.15) is 16.9 Å². The Morgan fingerprint density at radius 1 is 1.29 bits per heavy atom. The van der Waals surface area contributed by atoms with E-state index in [4.69, 9.17) is 21.1 Å². The van der Waals surface area contributed by atoms with E-state index in [1.807, 2.05) is 0 Å². The third-order valence-corrected chi connectivity index (χ3v) is 5.94. The van der Waals surface area contributed by atoms with E-state index < -0.39 is 18.3 Å². The first-order chi connectivity index (χ1) is 16.8. The van der Waals surface area contributed by atoms with E-state index in [0.29, 0.717) is 39.7 Å². The lowest BCUT2D eigenvalue weighted by atomic mass is 9.99. The van der Waals surface area contributed by atoms with E-state index in [0.717, 1.165) is 6.07 Å². The molecule has 8 nitrogen and oxygen atoms in total. The van der Waals surface area contributed by atoms with Crippen LogP contribution < -0.4 is 14.8 Å². The van der Waals surface area contributed by atoms with Crippen molar-refractivity contribution in [2.24, 2.45) is 5.92 Å². The van der Waals surface area contributed by atoms with Crippen LogP contribution in [0.3, 0.4) is 0 Å². The van der Waals surface area contributed by atoms with Gasteiger partial charge in [-0.3, -0.25) is 9.59 Å². The molecule has 0 bridgehead atoms. The molecule has 1 fully saturated rings. The van der Waals surface area contributed by atoms with E-state index >= 15 is 0 Å². The Labute approximate surface area is 202 Å². The van der Waals surface area contributed by atoms with Crippen molar-refractivity contribution in [3.63, 3.8) is 0 Å². The third kappa shape index (κ3) is 4.63. The number of rotatable bonds is 6. The van der Waals surface area contributed by atoms with Gasteiger partial charge in [-0.25, -0.2) is 9.07 Å². The summed E-state index contributed by atoms with van der Waals surface area (Å²) < 4.78 is 51.9. The largest absolute Gasteiger partial charge is 0.493 e. The second-order valence-electron chi connectivity index (χ2n) is 8.18. The van der Waals surface area contributed by atoms with Crippen molar-refractivity contribution in [2.45, 2.75) is 6.55 Å². The number of nitrogens with one attached hydrogen (secondary N) is 1. The van der Waals surface area contributed by atoms with Gasteiger partial charge in [0.2, 0.25) is 0 Å². The first kappa shape index (κ1) is 23.0. The molecule has 3 aromatic rings. The predicted octanol–water partition coefficient (Wildman–Crippen LogP) is 4.22. The van der Waals surface area contributed by atoms with E-state index in [1.54, 1.807) is 18.2 Å². The number of halogens is 4. The lowest BCUT2D eigenvalue weighted by Gasteiger charge is -2.39. The second-order valence-corrected chi connectivity index (χ2v) is 8.62. The number of hydrogen-bond donors (Lipinski definition) is 1. The van der Waals surface area contributed by atoms with Gasteiger partial charge in [0.25, 0.3) is 11.8 Å². The summed E-state index contributed by atoms with van der Waals surface area (Å²) in [5.74, 6) is -1.04. The molecule has 0 aliphatic carbocycles. The molecule has 35 heavy (non-hydrogen) atoms. The number of nitrogens with zero attached hydrogens (tertiary/aromatic N) is 3. The topological polar surface area (TPSA) is 85.7 Å². The molecule has 2 aliphatic rings. The molecule has 12 heteroatoms. The molecule has 2 amide bonds. The van der Waals surface area contributed by atoms with Crippen molar-refractivity contribution in [3.8, 4) is 22.6 Å². The molecule has 1 N–H and O–H groups in total. The lowest BCUT2D eigenvalue weighted by molar-refractivity contribution is -0.118. The highest BCUT2D eigenvalue weighted by Crippen LogP contribution is 2.35. The van der Waals surface area contributed by atoms with Crippen molar-refractivity contribution in [1.29, 1.82) is 0 Å². The molecular formula is C23H18ClF3N4O4. The second kappa shape index (κ2) is 9.14. The number of carbonyl (C=O) groups excluding carboxylic acids is 2. The van der Waals surface area contributed by atoms with Crippen LogP contribution in [0.5, 0.6) is 11.5 Å². The van der Waals surface area contributed by atoms with Gasteiger partial charge in [0, 0.05) is 47.4 Å². The minimum absolute atomic E-state index is 0.0185. The monoisotopic (exact) mass is 506 g/mol. The van der Waals surface area contributed by atoms with Crippen LogP contribution in [0.2, 0.25) is 5.02 Å². The van der Waals surface area contributed by atoms with Crippen LogP contribution >= 0.6 is 11.6 Å². The molecule has 0 spiro atoms. The summed E-state index contributed by atoms with van der Waals surface area (Å²) in [7, 11) is 0. The normalized spacial score (nSPS) is 15.3. The summed E-state index contributed by atoms with van der Waals surface area (Å²) in [5, 5.41) is 6.61. The number of carbonyl (C=O) groups is 2. The van der Waals surface area contributed by atoms with Gasteiger partial charge in [-0.05, 0) is 24.3 Å². The average molecular weight is 507 g/mol. The molecule has 3 heterocycles. The minimum atomic E-state index is -2.77. The first-order valence-electron chi connectivity index (χ1n) is 10.6. The fourth-order valence-corrected chi connectivity index (χ4v) is 4.09. The summed E-state index contributed by atoms with van der Waals surface area (Å²) >= 11 is 6.08. The van der Waals surface area contributed by atoms with Crippen molar-refractivity contribution < 1.29 is 32.2 Å². The zero-order valence-electron chi connectivity index (χ0n) is 18.0. The van der Waals surface area contributed by atoms with Crippen molar-refractivity contribution in [3.05, 3.63) is 59.1 Å². The lowest BCUT2D eigenvalue weighted by Crippen LogP contribution is -2.52. The van der Waals surface area contributed by atoms with Gasteiger partial charge >= 0.3 is 6.55 Å². The summed E-state index contributed by atoms with van der Waals surface area (Å²) in [4.78, 5) is 25.8. The van der Waals surface area contributed by atoms with Gasteiger partial charge in [-0.15, -0.1) is 0 Å². The van der Waals surface area contributed by atoms with Crippen molar-refractivity contribution >= 4 is 29.1 Å². The molecule has 0 radical (unpaired) electrons. The highest BCUT2D eigenvalue weighted by atomic mass is 35.5. The van der Waals surface area contributed by atoms with Crippen LogP contribution in [-0.4, -0.2) is 52.8 Å². The van der Waals surface area contributed by atoms with Crippen LogP contribution in [0.25, 0.3) is 11.1 Å². The SMILES string of the molecule is O=C1COc2cc(F)c(C(=O)N3CC(COc4ccc(Cl)cc4-c4cnn(C(F)F)c4)C3)cc2N1. The van der Waals surface area contributed by atoms with E-state index in [-0.39, 0.29) is 42.0 Å². The van der Waals surface area contributed by atoms with Crippen LogP contribution in [0, 0.1) is 11.7 Å². The molecule has 0 saturated carbocycles. The number of fused-ring (bicyclic) bond motifs is 1.